The molecule has 2 aromatic rings. The molecule has 1 atom stereocenters. The van der Waals surface area contributed by atoms with Crippen molar-refractivity contribution in [2.75, 3.05) is 0 Å². The highest BCUT2D eigenvalue weighted by molar-refractivity contribution is 5.39. The normalized spacial score (nSPS) is 12.2. The first kappa shape index (κ1) is 14.5. The Morgan fingerprint density at radius 3 is 2.35 bits per heavy atom. The largest absolute Gasteiger partial charge is 0.489 e. The van der Waals surface area contributed by atoms with Gasteiger partial charge in [0.25, 0.3) is 0 Å². The molecule has 0 heterocycles. The second kappa shape index (κ2) is 6.01. The fraction of sp³-hybridized carbons (Fsp3) is 0.250. The van der Waals surface area contributed by atoms with Gasteiger partial charge < -0.3 is 10.5 Å². The molecule has 0 radical (unpaired) electrons. The van der Waals surface area contributed by atoms with Gasteiger partial charge in [-0.2, -0.15) is 0 Å². The Kier molecular flexibility index (Phi) is 4.35. The van der Waals surface area contributed by atoms with Gasteiger partial charge >= 0.3 is 0 Å². The van der Waals surface area contributed by atoms with Crippen LogP contribution in [0.2, 0.25) is 0 Å². The number of hydrogen-bond donors (Lipinski definition) is 1. The number of hydrogen-bond acceptors (Lipinski definition) is 2. The summed E-state index contributed by atoms with van der Waals surface area (Å²) in [5.74, 6) is -0.588. The van der Waals surface area contributed by atoms with Crippen molar-refractivity contribution in [2.24, 2.45) is 5.73 Å². The third-order valence-electron chi connectivity index (χ3n) is 2.97. The Hall–Kier alpha value is -1.94. The minimum Gasteiger partial charge on any atom is -0.489 e. The highest BCUT2D eigenvalue weighted by Crippen LogP contribution is 2.26. The van der Waals surface area contributed by atoms with E-state index in [4.69, 9.17) is 10.5 Å². The lowest BCUT2D eigenvalue weighted by Gasteiger charge is -2.15. The van der Waals surface area contributed by atoms with E-state index in [-0.39, 0.29) is 12.6 Å². The fourth-order valence-corrected chi connectivity index (χ4v) is 2.01. The van der Waals surface area contributed by atoms with E-state index in [1.165, 1.54) is 12.1 Å². The first-order valence-corrected chi connectivity index (χ1v) is 6.39. The lowest BCUT2D eigenvalue weighted by atomic mass is 10.1. The van der Waals surface area contributed by atoms with E-state index >= 15 is 0 Å². The number of ether oxygens (including phenoxy) is 1. The Labute approximate surface area is 117 Å². The van der Waals surface area contributed by atoms with Gasteiger partial charge in [0.1, 0.15) is 24.0 Å². The van der Waals surface area contributed by atoms with Crippen molar-refractivity contribution in [3.63, 3.8) is 0 Å². The minimum absolute atomic E-state index is 0.0947. The van der Waals surface area contributed by atoms with E-state index < -0.39 is 11.6 Å². The molecule has 2 nitrogen and oxygen atoms in total. The van der Waals surface area contributed by atoms with Gasteiger partial charge in [-0.25, -0.2) is 8.78 Å². The smallest absolute Gasteiger partial charge is 0.126 e. The Morgan fingerprint density at radius 1 is 1.10 bits per heavy atom. The molecule has 20 heavy (non-hydrogen) atoms. The van der Waals surface area contributed by atoms with Gasteiger partial charge in [0.2, 0.25) is 0 Å². The van der Waals surface area contributed by atoms with Gasteiger partial charge in [0.05, 0.1) is 0 Å². The summed E-state index contributed by atoms with van der Waals surface area (Å²) in [6, 6.07) is 8.85. The number of aryl methyl sites for hydroxylation is 1. The Balaban J connectivity index is 2.18. The van der Waals surface area contributed by atoms with E-state index in [0.29, 0.717) is 11.3 Å². The number of nitrogens with two attached hydrogens (primary N) is 1. The maximum Gasteiger partial charge on any atom is 0.126 e. The van der Waals surface area contributed by atoms with Gasteiger partial charge in [-0.1, -0.05) is 17.7 Å². The summed E-state index contributed by atoms with van der Waals surface area (Å²) in [7, 11) is 0. The molecule has 2 aromatic carbocycles. The molecule has 0 spiro atoms. The maximum absolute atomic E-state index is 13.1. The van der Waals surface area contributed by atoms with Crippen LogP contribution in [0.25, 0.3) is 0 Å². The zero-order valence-corrected chi connectivity index (χ0v) is 11.5. The van der Waals surface area contributed by atoms with E-state index in [0.717, 1.165) is 17.2 Å². The van der Waals surface area contributed by atoms with Crippen molar-refractivity contribution in [1.82, 2.24) is 0 Å². The standard InChI is InChI=1S/C16H17F2NO/c1-10-3-4-16(15(5-10)11(2)19)20-9-12-6-13(17)8-14(18)7-12/h3-8,11H,9,19H2,1-2H3. The molecule has 2 N–H and O–H groups in total. The molecule has 0 bridgehead atoms. The summed E-state index contributed by atoms with van der Waals surface area (Å²) < 4.78 is 31.8. The molecule has 0 fully saturated rings. The third-order valence-corrected chi connectivity index (χ3v) is 2.97. The molecule has 1 unspecified atom stereocenters. The highest BCUT2D eigenvalue weighted by atomic mass is 19.1. The zero-order chi connectivity index (χ0) is 14.7. The van der Waals surface area contributed by atoms with Gasteiger partial charge in [0, 0.05) is 17.7 Å². The molecule has 0 saturated carbocycles. The van der Waals surface area contributed by atoms with Crippen molar-refractivity contribution in [3.8, 4) is 5.75 Å². The quantitative estimate of drug-likeness (QED) is 0.920. The molecular formula is C16H17F2NO. The summed E-state index contributed by atoms with van der Waals surface area (Å²) >= 11 is 0. The van der Waals surface area contributed by atoms with Gasteiger partial charge in [-0.05, 0) is 37.6 Å². The van der Waals surface area contributed by atoms with Crippen molar-refractivity contribution in [2.45, 2.75) is 26.5 Å². The molecule has 0 aliphatic heterocycles. The highest BCUT2D eigenvalue weighted by Gasteiger charge is 2.09. The van der Waals surface area contributed by atoms with Crippen molar-refractivity contribution in [1.29, 1.82) is 0 Å². The van der Waals surface area contributed by atoms with Crippen LogP contribution < -0.4 is 10.5 Å². The maximum atomic E-state index is 13.1. The third kappa shape index (κ3) is 3.54. The van der Waals surface area contributed by atoms with Crippen LogP contribution in [0.15, 0.2) is 36.4 Å². The van der Waals surface area contributed by atoms with E-state index in [2.05, 4.69) is 0 Å². The summed E-state index contributed by atoms with van der Waals surface area (Å²) in [5.41, 5.74) is 8.31. The average molecular weight is 277 g/mol. The molecule has 4 heteroatoms. The predicted molar refractivity (Wildman–Crippen MR) is 74.5 cm³/mol. The summed E-state index contributed by atoms with van der Waals surface area (Å²) in [4.78, 5) is 0. The van der Waals surface area contributed by atoms with Crippen LogP contribution in [0.4, 0.5) is 8.78 Å². The topological polar surface area (TPSA) is 35.2 Å². The van der Waals surface area contributed by atoms with Crippen LogP contribution in [-0.4, -0.2) is 0 Å². The Morgan fingerprint density at radius 2 is 1.75 bits per heavy atom. The zero-order valence-electron chi connectivity index (χ0n) is 11.5. The minimum atomic E-state index is -0.611. The molecule has 2 rings (SSSR count). The van der Waals surface area contributed by atoms with Gasteiger partial charge in [0.15, 0.2) is 0 Å². The molecule has 0 aliphatic carbocycles. The molecule has 0 saturated heterocycles. The molecule has 0 amide bonds. The fourth-order valence-electron chi connectivity index (χ4n) is 2.01. The van der Waals surface area contributed by atoms with Gasteiger partial charge in [-0.15, -0.1) is 0 Å². The van der Waals surface area contributed by atoms with Crippen molar-refractivity contribution >= 4 is 0 Å². The van der Waals surface area contributed by atoms with E-state index in [9.17, 15) is 8.78 Å². The lowest BCUT2D eigenvalue weighted by molar-refractivity contribution is 0.300. The van der Waals surface area contributed by atoms with Crippen molar-refractivity contribution in [3.05, 3.63) is 64.7 Å². The van der Waals surface area contributed by atoms with Crippen LogP contribution in [-0.2, 0) is 6.61 Å². The monoisotopic (exact) mass is 277 g/mol. The summed E-state index contributed by atoms with van der Waals surface area (Å²) in [5, 5.41) is 0. The first-order chi connectivity index (χ1) is 9.45. The summed E-state index contributed by atoms with van der Waals surface area (Å²) in [6.07, 6.45) is 0. The Bertz CT molecular complexity index is 591. The first-order valence-electron chi connectivity index (χ1n) is 6.39. The number of benzene rings is 2. The number of rotatable bonds is 4. The summed E-state index contributed by atoms with van der Waals surface area (Å²) in [6.45, 7) is 3.93. The molecular weight excluding hydrogens is 260 g/mol. The van der Waals surface area contributed by atoms with Crippen LogP contribution >= 0.6 is 0 Å². The van der Waals surface area contributed by atoms with Crippen LogP contribution in [0.5, 0.6) is 5.75 Å². The molecule has 0 aliphatic rings. The SMILES string of the molecule is Cc1ccc(OCc2cc(F)cc(F)c2)c(C(C)N)c1. The van der Waals surface area contributed by atoms with Crippen LogP contribution in [0.3, 0.4) is 0 Å². The van der Waals surface area contributed by atoms with E-state index in [1.807, 2.05) is 32.0 Å². The molecule has 106 valence electrons. The van der Waals surface area contributed by atoms with Crippen LogP contribution in [0, 0.1) is 18.6 Å². The second-order valence-corrected chi connectivity index (χ2v) is 4.90. The average Bonchev–Trinajstić information content (AvgIpc) is 2.36. The molecule has 0 aromatic heterocycles. The lowest BCUT2D eigenvalue weighted by Crippen LogP contribution is -2.08. The van der Waals surface area contributed by atoms with E-state index in [1.54, 1.807) is 0 Å². The van der Waals surface area contributed by atoms with Crippen LogP contribution in [0.1, 0.15) is 29.7 Å². The van der Waals surface area contributed by atoms with Crippen molar-refractivity contribution < 1.29 is 13.5 Å². The number of halogens is 2. The van der Waals surface area contributed by atoms with Gasteiger partial charge in [-0.3, -0.25) is 0 Å². The predicted octanol–water partition coefficient (Wildman–Crippen LogP) is 3.87. The second-order valence-electron chi connectivity index (χ2n) is 4.90.